The van der Waals surface area contributed by atoms with Gasteiger partial charge < -0.3 is 10.6 Å². The van der Waals surface area contributed by atoms with Crippen molar-refractivity contribution in [2.24, 2.45) is 0 Å². The molecule has 1 aromatic heterocycles. The molecule has 68 valence electrons. The molecule has 1 heterocycles. The molecule has 12 heavy (non-hydrogen) atoms. The lowest BCUT2D eigenvalue weighted by Gasteiger charge is -2.02. The van der Waals surface area contributed by atoms with Crippen molar-refractivity contribution in [1.82, 2.24) is 5.32 Å². The average Bonchev–Trinajstić information content (AvgIpc) is 2.57. The van der Waals surface area contributed by atoms with Crippen molar-refractivity contribution in [3.63, 3.8) is 0 Å². The van der Waals surface area contributed by atoms with E-state index < -0.39 is 0 Å². The van der Waals surface area contributed by atoms with Crippen LogP contribution in [0.15, 0.2) is 17.5 Å². The third-order valence-corrected chi connectivity index (χ3v) is 2.50. The van der Waals surface area contributed by atoms with E-state index in [4.69, 9.17) is 0 Å². The van der Waals surface area contributed by atoms with Gasteiger partial charge in [-0.2, -0.15) is 0 Å². The minimum Gasteiger partial charge on any atom is -0.377 e. The molecule has 0 aliphatic heterocycles. The first kappa shape index (κ1) is 9.55. The van der Waals surface area contributed by atoms with Crippen molar-refractivity contribution < 1.29 is 0 Å². The fourth-order valence-corrected chi connectivity index (χ4v) is 1.66. The van der Waals surface area contributed by atoms with E-state index >= 15 is 0 Å². The Bertz CT molecular complexity index is 184. The van der Waals surface area contributed by atoms with Gasteiger partial charge in [0.1, 0.15) is 0 Å². The van der Waals surface area contributed by atoms with Crippen molar-refractivity contribution >= 4 is 16.3 Å². The highest BCUT2D eigenvalue weighted by Crippen LogP contribution is 2.14. The predicted molar refractivity (Wildman–Crippen MR) is 56.0 cm³/mol. The zero-order valence-corrected chi connectivity index (χ0v) is 8.29. The Morgan fingerprint density at radius 1 is 1.33 bits per heavy atom. The van der Waals surface area contributed by atoms with E-state index in [2.05, 4.69) is 28.1 Å². The first-order chi connectivity index (χ1) is 5.93. The third kappa shape index (κ3) is 3.74. The van der Waals surface area contributed by atoms with Crippen LogP contribution in [0.1, 0.15) is 12.8 Å². The molecule has 0 spiro atoms. The molecule has 0 fully saturated rings. The van der Waals surface area contributed by atoms with Crippen molar-refractivity contribution in [3.8, 4) is 0 Å². The quantitative estimate of drug-likeness (QED) is 0.662. The molecule has 0 aliphatic carbocycles. The van der Waals surface area contributed by atoms with Gasteiger partial charge in [-0.25, -0.2) is 0 Å². The molecule has 2 nitrogen and oxygen atoms in total. The molecule has 1 aromatic rings. The minimum absolute atomic E-state index is 1.09. The largest absolute Gasteiger partial charge is 0.377 e. The van der Waals surface area contributed by atoms with Crippen LogP contribution < -0.4 is 10.6 Å². The van der Waals surface area contributed by atoms with Crippen LogP contribution in [0.25, 0.3) is 0 Å². The second kappa shape index (κ2) is 6.03. The zero-order valence-electron chi connectivity index (χ0n) is 7.47. The lowest BCUT2D eigenvalue weighted by Crippen LogP contribution is -2.09. The van der Waals surface area contributed by atoms with Crippen LogP contribution in [-0.2, 0) is 0 Å². The normalized spacial score (nSPS) is 10.1. The zero-order chi connectivity index (χ0) is 8.65. The van der Waals surface area contributed by atoms with Crippen molar-refractivity contribution in [2.75, 3.05) is 25.5 Å². The molecule has 0 atom stereocenters. The van der Waals surface area contributed by atoms with Gasteiger partial charge in [0.25, 0.3) is 0 Å². The van der Waals surface area contributed by atoms with Crippen LogP contribution in [0.3, 0.4) is 0 Å². The Morgan fingerprint density at radius 3 is 2.83 bits per heavy atom. The number of thiophene rings is 1. The van der Waals surface area contributed by atoms with E-state index in [-0.39, 0.29) is 0 Å². The van der Waals surface area contributed by atoms with E-state index in [0.717, 1.165) is 13.1 Å². The molecule has 0 saturated heterocycles. The Kier molecular flexibility index (Phi) is 4.80. The maximum absolute atomic E-state index is 3.37. The van der Waals surface area contributed by atoms with Crippen molar-refractivity contribution in [3.05, 3.63) is 17.5 Å². The lowest BCUT2D eigenvalue weighted by molar-refractivity contribution is 0.695. The molecule has 0 radical (unpaired) electrons. The van der Waals surface area contributed by atoms with Gasteiger partial charge in [0.2, 0.25) is 0 Å². The smallest absolute Gasteiger partial charge is 0.0882 e. The summed E-state index contributed by atoms with van der Waals surface area (Å²) in [6, 6.07) is 4.18. The van der Waals surface area contributed by atoms with Gasteiger partial charge in [-0.1, -0.05) is 0 Å². The van der Waals surface area contributed by atoms with Crippen LogP contribution in [0.2, 0.25) is 0 Å². The number of hydrogen-bond donors (Lipinski definition) is 2. The maximum Gasteiger partial charge on any atom is 0.0882 e. The summed E-state index contributed by atoms with van der Waals surface area (Å²) in [6.07, 6.45) is 2.48. The summed E-state index contributed by atoms with van der Waals surface area (Å²) in [5.74, 6) is 0. The summed E-state index contributed by atoms with van der Waals surface area (Å²) in [5, 5.41) is 9.88. The van der Waals surface area contributed by atoms with Gasteiger partial charge >= 0.3 is 0 Å². The first-order valence-corrected chi connectivity index (χ1v) is 5.23. The molecule has 0 unspecified atom stereocenters. The van der Waals surface area contributed by atoms with Gasteiger partial charge in [0.05, 0.1) is 5.00 Å². The van der Waals surface area contributed by atoms with Gasteiger partial charge in [0.15, 0.2) is 0 Å². The van der Waals surface area contributed by atoms with Crippen molar-refractivity contribution in [2.45, 2.75) is 12.8 Å². The van der Waals surface area contributed by atoms with E-state index in [9.17, 15) is 0 Å². The van der Waals surface area contributed by atoms with Crippen molar-refractivity contribution in [1.29, 1.82) is 0 Å². The van der Waals surface area contributed by atoms with E-state index in [1.165, 1.54) is 17.8 Å². The van der Waals surface area contributed by atoms with Crippen LogP contribution >= 0.6 is 11.3 Å². The molecule has 2 N–H and O–H groups in total. The topological polar surface area (TPSA) is 24.1 Å². The Morgan fingerprint density at radius 2 is 2.17 bits per heavy atom. The number of anilines is 1. The number of nitrogens with one attached hydrogen (secondary N) is 2. The second-order valence-corrected chi connectivity index (χ2v) is 3.66. The summed E-state index contributed by atoms with van der Waals surface area (Å²) in [7, 11) is 1.99. The summed E-state index contributed by atoms with van der Waals surface area (Å²) < 4.78 is 0. The average molecular weight is 184 g/mol. The number of unbranched alkanes of at least 4 members (excludes halogenated alkanes) is 1. The molecule has 3 heteroatoms. The van der Waals surface area contributed by atoms with Gasteiger partial charge in [-0.3, -0.25) is 0 Å². The SMILES string of the molecule is CNCCCCNc1cccs1. The third-order valence-electron chi connectivity index (χ3n) is 1.67. The standard InChI is InChI=1S/C9H16N2S/c1-10-6-2-3-7-11-9-5-4-8-12-9/h4-5,8,10-11H,2-3,6-7H2,1H3. The fourth-order valence-electron chi connectivity index (χ4n) is 1.02. The highest BCUT2D eigenvalue weighted by Gasteiger charge is 1.90. The molecular weight excluding hydrogens is 168 g/mol. The van der Waals surface area contributed by atoms with Crippen LogP contribution in [0.5, 0.6) is 0 Å². The summed E-state index contributed by atoms with van der Waals surface area (Å²) in [4.78, 5) is 0. The molecule has 0 amide bonds. The predicted octanol–water partition coefficient (Wildman–Crippen LogP) is 2.16. The summed E-state index contributed by atoms with van der Waals surface area (Å²) in [6.45, 7) is 2.20. The number of hydrogen-bond acceptors (Lipinski definition) is 3. The van der Waals surface area contributed by atoms with Gasteiger partial charge in [-0.15, -0.1) is 11.3 Å². The molecule has 0 aliphatic rings. The van der Waals surface area contributed by atoms with Crippen LogP contribution in [-0.4, -0.2) is 20.1 Å². The molecule has 0 saturated carbocycles. The fraction of sp³-hybridized carbons (Fsp3) is 0.556. The molecule has 1 rings (SSSR count). The summed E-state index contributed by atoms with van der Waals surface area (Å²) in [5.41, 5.74) is 0. The monoisotopic (exact) mass is 184 g/mol. The summed E-state index contributed by atoms with van der Waals surface area (Å²) >= 11 is 1.76. The Balaban J connectivity index is 1.96. The molecular formula is C9H16N2S. The van der Waals surface area contributed by atoms with Crippen LogP contribution in [0, 0.1) is 0 Å². The minimum atomic E-state index is 1.09. The molecule has 0 bridgehead atoms. The van der Waals surface area contributed by atoms with Gasteiger partial charge in [0, 0.05) is 6.54 Å². The lowest BCUT2D eigenvalue weighted by atomic mass is 10.3. The first-order valence-electron chi connectivity index (χ1n) is 4.35. The second-order valence-electron chi connectivity index (χ2n) is 2.71. The number of rotatable bonds is 6. The van der Waals surface area contributed by atoms with E-state index in [1.807, 2.05) is 7.05 Å². The highest BCUT2D eigenvalue weighted by molar-refractivity contribution is 7.14. The maximum atomic E-state index is 3.37. The van der Waals surface area contributed by atoms with E-state index in [1.54, 1.807) is 11.3 Å². The van der Waals surface area contributed by atoms with Crippen LogP contribution in [0.4, 0.5) is 5.00 Å². The van der Waals surface area contributed by atoms with Gasteiger partial charge in [-0.05, 0) is 43.9 Å². The Labute approximate surface area is 78.0 Å². The molecule has 0 aromatic carbocycles. The highest BCUT2D eigenvalue weighted by atomic mass is 32.1. The van der Waals surface area contributed by atoms with E-state index in [0.29, 0.717) is 0 Å². The Hall–Kier alpha value is -0.540.